The molecule has 0 N–H and O–H groups in total. The van der Waals surface area contributed by atoms with E-state index in [2.05, 4.69) is 40.7 Å². The highest BCUT2D eigenvalue weighted by Gasteiger charge is 2.04. The van der Waals surface area contributed by atoms with Crippen molar-refractivity contribution in [3.05, 3.63) is 45.3 Å². The third-order valence-electron chi connectivity index (χ3n) is 2.59. The average Bonchev–Trinajstić information content (AvgIpc) is 2.69. The summed E-state index contributed by atoms with van der Waals surface area (Å²) in [5, 5.41) is 4.39. The van der Waals surface area contributed by atoms with E-state index in [0.717, 1.165) is 23.6 Å². The number of aryl methyl sites for hydroxylation is 2. The van der Waals surface area contributed by atoms with Crippen LogP contribution in [0.2, 0.25) is 0 Å². The molecule has 0 unspecified atom stereocenters. The van der Waals surface area contributed by atoms with E-state index in [9.17, 15) is 0 Å². The number of hydrogen-bond acceptors (Lipinski definition) is 2. The monoisotopic (exact) mass is 342 g/mol. The van der Waals surface area contributed by atoms with Gasteiger partial charge in [-0.05, 0) is 59.3 Å². The second-order valence-electron chi connectivity index (χ2n) is 3.85. The molecule has 0 aliphatic rings. The Bertz CT molecular complexity index is 491. The predicted octanol–water partition coefficient (Wildman–Crippen LogP) is 3.17. The summed E-state index contributed by atoms with van der Waals surface area (Å²) in [6.45, 7) is 2.66. The van der Waals surface area contributed by atoms with Gasteiger partial charge in [-0.1, -0.05) is 6.92 Å². The molecule has 4 heteroatoms. The van der Waals surface area contributed by atoms with Crippen LogP contribution in [0.3, 0.4) is 0 Å². The Morgan fingerprint density at radius 3 is 2.59 bits per heavy atom. The highest BCUT2D eigenvalue weighted by Crippen LogP contribution is 2.15. The van der Waals surface area contributed by atoms with Gasteiger partial charge in [-0.2, -0.15) is 5.10 Å². The maximum absolute atomic E-state index is 5.72. The summed E-state index contributed by atoms with van der Waals surface area (Å²) >= 11 is 2.28. The van der Waals surface area contributed by atoms with Crippen molar-refractivity contribution in [2.45, 2.75) is 20.0 Å². The Morgan fingerprint density at radius 2 is 2.00 bits per heavy atom. The molecule has 0 spiro atoms. The predicted molar refractivity (Wildman–Crippen MR) is 76.1 cm³/mol. The third kappa shape index (κ3) is 3.21. The maximum atomic E-state index is 5.72. The van der Waals surface area contributed by atoms with Gasteiger partial charge in [-0.3, -0.25) is 4.68 Å². The summed E-state index contributed by atoms with van der Waals surface area (Å²) in [7, 11) is 1.95. The number of hydrogen-bond donors (Lipinski definition) is 0. The first-order valence-electron chi connectivity index (χ1n) is 5.59. The Hall–Kier alpha value is -1.04. The lowest BCUT2D eigenvalue weighted by atomic mass is 10.3. The van der Waals surface area contributed by atoms with E-state index in [4.69, 9.17) is 4.74 Å². The van der Waals surface area contributed by atoms with Crippen molar-refractivity contribution in [1.82, 2.24) is 9.78 Å². The first-order valence-corrected chi connectivity index (χ1v) is 6.67. The standard InChI is InChI=1S/C13H15IN2O/c1-3-11-8-12(16(2)15-11)9-17-13-6-4-10(14)5-7-13/h4-8H,3,9H2,1-2H3. The van der Waals surface area contributed by atoms with E-state index in [0.29, 0.717) is 6.61 Å². The van der Waals surface area contributed by atoms with Gasteiger partial charge >= 0.3 is 0 Å². The van der Waals surface area contributed by atoms with E-state index in [1.807, 2.05) is 36.0 Å². The van der Waals surface area contributed by atoms with E-state index in [-0.39, 0.29) is 0 Å². The van der Waals surface area contributed by atoms with Crippen molar-refractivity contribution in [3.8, 4) is 5.75 Å². The molecule has 3 nitrogen and oxygen atoms in total. The smallest absolute Gasteiger partial charge is 0.130 e. The van der Waals surface area contributed by atoms with Crippen molar-refractivity contribution >= 4 is 22.6 Å². The van der Waals surface area contributed by atoms with Crippen LogP contribution in [0, 0.1) is 3.57 Å². The highest BCUT2D eigenvalue weighted by atomic mass is 127. The van der Waals surface area contributed by atoms with Gasteiger partial charge in [0, 0.05) is 10.6 Å². The van der Waals surface area contributed by atoms with Gasteiger partial charge in [0.15, 0.2) is 0 Å². The van der Waals surface area contributed by atoms with Gasteiger partial charge in [0.05, 0.1) is 11.4 Å². The molecule has 0 radical (unpaired) electrons. The lowest BCUT2D eigenvalue weighted by molar-refractivity contribution is 0.295. The SMILES string of the molecule is CCc1cc(COc2ccc(I)cc2)n(C)n1. The maximum Gasteiger partial charge on any atom is 0.130 e. The van der Waals surface area contributed by atoms with E-state index in [1.165, 1.54) is 3.57 Å². The van der Waals surface area contributed by atoms with E-state index < -0.39 is 0 Å². The van der Waals surface area contributed by atoms with Gasteiger partial charge in [0.25, 0.3) is 0 Å². The summed E-state index contributed by atoms with van der Waals surface area (Å²) in [6, 6.07) is 10.1. The highest BCUT2D eigenvalue weighted by molar-refractivity contribution is 14.1. The summed E-state index contributed by atoms with van der Waals surface area (Å²) in [4.78, 5) is 0. The average molecular weight is 342 g/mol. The zero-order valence-electron chi connectivity index (χ0n) is 9.98. The van der Waals surface area contributed by atoms with E-state index in [1.54, 1.807) is 0 Å². The molecule has 0 bridgehead atoms. The molecule has 1 heterocycles. The van der Waals surface area contributed by atoms with Gasteiger partial charge in [-0.15, -0.1) is 0 Å². The first-order chi connectivity index (χ1) is 8.19. The van der Waals surface area contributed by atoms with Crippen LogP contribution in [0.4, 0.5) is 0 Å². The lowest BCUT2D eigenvalue weighted by Crippen LogP contribution is -2.02. The fourth-order valence-corrected chi connectivity index (χ4v) is 1.93. The molecule has 0 atom stereocenters. The van der Waals surface area contributed by atoms with Crippen LogP contribution < -0.4 is 4.74 Å². The number of benzene rings is 1. The van der Waals surface area contributed by atoms with Crippen LogP contribution in [0.25, 0.3) is 0 Å². The molecular weight excluding hydrogens is 327 g/mol. The van der Waals surface area contributed by atoms with Crippen molar-refractivity contribution in [2.75, 3.05) is 0 Å². The molecule has 2 aromatic rings. The normalized spacial score (nSPS) is 10.5. The Kier molecular flexibility index (Phi) is 4.04. The van der Waals surface area contributed by atoms with Gasteiger partial charge in [-0.25, -0.2) is 0 Å². The van der Waals surface area contributed by atoms with Gasteiger partial charge in [0.2, 0.25) is 0 Å². The third-order valence-corrected chi connectivity index (χ3v) is 3.31. The van der Waals surface area contributed by atoms with Gasteiger partial charge in [0.1, 0.15) is 12.4 Å². The molecule has 0 amide bonds. The zero-order valence-corrected chi connectivity index (χ0v) is 12.1. The zero-order chi connectivity index (χ0) is 12.3. The fourth-order valence-electron chi connectivity index (χ4n) is 1.57. The molecule has 0 aliphatic heterocycles. The number of nitrogens with zero attached hydrogens (tertiary/aromatic N) is 2. The minimum absolute atomic E-state index is 0.560. The van der Waals surface area contributed by atoms with Crippen molar-refractivity contribution in [3.63, 3.8) is 0 Å². The second kappa shape index (κ2) is 5.53. The minimum atomic E-state index is 0.560. The largest absolute Gasteiger partial charge is 0.487 e. The Balaban J connectivity index is 2.01. The summed E-state index contributed by atoms with van der Waals surface area (Å²) in [6.07, 6.45) is 0.956. The van der Waals surface area contributed by atoms with Crippen molar-refractivity contribution in [1.29, 1.82) is 0 Å². The van der Waals surface area contributed by atoms with Crippen LogP contribution in [0.15, 0.2) is 30.3 Å². The minimum Gasteiger partial charge on any atom is -0.487 e. The molecule has 90 valence electrons. The summed E-state index contributed by atoms with van der Waals surface area (Å²) in [5.41, 5.74) is 2.20. The molecular formula is C13H15IN2O. The van der Waals surface area contributed by atoms with Crippen LogP contribution in [-0.2, 0) is 20.1 Å². The molecule has 0 fully saturated rings. The van der Waals surface area contributed by atoms with Crippen molar-refractivity contribution < 1.29 is 4.74 Å². The molecule has 0 saturated heterocycles. The van der Waals surface area contributed by atoms with E-state index >= 15 is 0 Å². The number of aromatic nitrogens is 2. The fraction of sp³-hybridized carbons (Fsp3) is 0.308. The lowest BCUT2D eigenvalue weighted by Gasteiger charge is -2.06. The number of halogens is 1. The molecule has 1 aromatic heterocycles. The Morgan fingerprint density at radius 1 is 1.29 bits per heavy atom. The van der Waals surface area contributed by atoms with Crippen LogP contribution >= 0.6 is 22.6 Å². The summed E-state index contributed by atoms with van der Waals surface area (Å²) in [5.74, 6) is 0.893. The summed E-state index contributed by atoms with van der Waals surface area (Å²) < 4.78 is 8.81. The van der Waals surface area contributed by atoms with Gasteiger partial charge < -0.3 is 4.74 Å². The van der Waals surface area contributed by atoms with Crippen molar-refractivity contribution in [2.24, 2.45) is 7.05 Å². The number of ether oxygens (including phenoxy) is 1. The molecule has 2 rings (SSSR count). The van der Waals surface area contributed by atoms with Crippen LogP contribution in [0.1, 0.15) is 18.3 Å². The second-order valence-corrected chi connectivity index (χ2v) is 5.09. The number of rotatable bonds is 4. The van der Waals surface area contributed by atoms with Crippen LogP contribution in [0.5, 0.6) is 5.75 Å². The Labute approximate surface area is 115 Å². The van der Waals surface area contributed by atoms with Crippen LogP contribution in [-0.4, -0.2) is 9.78 Å². The topological polar surface area (TPSA) is 27.1 Å². The molecule has 0 aliphatic carbocycles. The molecule has 1 aromatic carbocycles. The first kappa shape index (κ1) is 12.4. The molecule has 17 heavy (non-hydrogen) atoms. The molecule has 0 saturated carbocycles. The quantitative estimate of drug-likeness (QED) is 0.798.